The Hall–Kier alpha value is -0.890. The fraction of sp³-hybridized carbons (Fsp3) is 0.615. The zero-order valence-corrected chi connectivity index (χ0v) is 9.45. The molecule has 2 heteroatoms. The Bertz CT molecular complexity index is 310. The monoisotopic (exact) mass is 204 g/mol. The molecule has 0 spiro atoms. The van der Waals surface area contributed by atoms with E-state index in [0.717, 1.165) is 18.5 Å². The standard InChI is InChI=1S/C13H20N2/c1-11-6-2-4-8-13(11,14)10-12-7-3-5-9-15-12/h3,5,7,9,11H,2,4,6,8,10,14H2,1H3. The van der Waals surface area contributed by atoms with Crippen molar-refractivity contribution in [2.24, 2.45) is 11.7 Å². The first-order chi connectivity index (χ1) is 7.21. The Morgan fingerprint density at radius 2 is 2.33 bits per heavy atom. The molecule has 2 N–H and O–H groups in total. The molecule has 1 aliphatic carbocycles. The molecule has 1 aliphatic rings. The highest BCUT2D eigenvalue weighted by molar-refractivity contribution is 5.09. The zero-order chi connectivity index (χ0) is 10.7. The van der Waals surface area contributed by atoms with E-state index in [-0.39, 0.29) is 5.54 Å². The quantitative estimate of drug-likeness (QED) is 0.804. The Balaban J connectivity index is 2.09. The van der Waals surface area contributed by atoms with Gasteiger partial charge in [-0.05, 0) is 30.9 Å². The molecule has 2 unspecified atom stereocenters. The molecule has 2 atom stereocenters. The van der Waals surface area contributed by atoms with Gasteiger partial charge in [0.2, 0.25) is 0 Å². The van der Waals surface area contributed by atoms with Gasteiger partial charge in [-0.15, -0.1) is 0 Å². The van der Waals surface area contributed by atoms with Gasteiger partial charge in [-0.25, -0.2) is 0 Å². The van der Waals surface area contributed by atoms with Crippen LogP contribution in [0.15, 0.2) is 24.4 Å². The van der Waals surface area contributed by atoms with Crippen LogP contribution in [0.1, 0.15) is 38.3 Å². The van der Waals surface area contributed by atoms with Crippen molar-refractivity contribution < 1.29 is 0 Å². The molecule has 0 aromatic carbocycles. The first-order valence-electron chi connectivity index (χ1n) is 5.89. The third kappa shape index (κ3) is 2.37. The van der Waals surface area contributed by atoms with Gasteiger partial charge in [0.15, 0.2) is 0 Å². The van der Waals surface area contributed by atoms with Crippen molar-refractivity contribution in [1.29, 1.82) is 0 Å². The molecule has 0 aliphatic heterocycles. The van der Waals surface area contributed by atoms with Crippen LogP contribution < -0.4 is 5.73 Å². The largest absolute Gasteiger partial charge is 0.325 e. The molecular weight excluding hydrogens is 184 g/mol. The molecule has 1 aromatic rings. The summed E-state index contributed by atoms with van der Waals surface area (Å²) in [5.41, 5.74) is 7.61. The highest BCUT2D eigenvalue weighted by Gasteiger charge is 2.34. The second kappa shape index (κ2) is 4.31. The SMILES string of the molecule is CC1CCCCC1(N)Cc1ccccn1. The van der Waals surface area contributed by atoms with E-state index in [1.807, 2.05) is 18.3 Å². The summed E-state index contributed by atoms with van der Waals surface area (Å²) < 4.78 is 0. The molecule has 82 valence electrons. The van der Waals surface area contributed by atoms with Crippen LogP contribution in [-0.2, 0) is 6.42 Å². The van der Waals surface area contributed by atoms with Crippen molar-refractivity contribution in [3.8, 4) is 0 Å². The minimum atomic E-state index is -0.0212. The molecule has 1 heterocycles. The van der Waals surface area contributed by atoms with Gasteiger partial charge in [-0.3, -0.25) is 4.98 Å². The van der Waals surface area contributed by atoms with E-state index in [1.165, 1.54) is 19.3 Å². The summed E-state index contributed by atoms with van der Waals surface area (Å²) in [7, 11) is 0. The van der Waals surface area contributed by atoms with Gasteiger partial charge in [0.05, 0.1) is 0 Å². The maximum Gasteiger partial charge on any atom is 0.0422 e. The average molecular weight is 204 g/mol. The van der Waals surface area contributed by atoms with Crippen LogP contribution in [0.3, 0.4) is 0 Å². The lowest BCUT2D eigenvalue weighted by Gasteiger charge is -2.39. The molecule has 0 saturated heterocycles. The lowest BCUT2D eigenvalue weighted by molar-refractivity contribution is 0.202. The summed E-state index contributed by atoms with van der Waals surface area (Å²) >= 11 is 0. The summed E-state index contributed by atoms with van der Waals surface area (Å²) in [6, 6.07) is 6.08. The topological polar surface area (TPSA) is 38.9 Å². The highest BCUT2D eigenvalue weighted by atomic mass is 14.8. The Morgan fingerprint density at radius 3 is 3.00 bits per heavy atom. The maximum absolute atomic E-state index is 6.49. The van der Waals surface area contributed by atoms with Crippen molar-refractivity contribution in [2.75, 3.05) is 0 Å². The fourth-order valence-electron chi connectivity index (χ4n) is 2.54. The molecule has 2 nitrogen and oxygen atoms in total. The number of aromatic nitrogens is 1. The highest BCUT2D eigenvalue weighted by Crippen LogP contribution is 2.33. The van der Waals surface area contributed by atoms with E-state index in [4.69, 9.17) is 5.73 Å². The van der Waals surface area contributed by atoms with Gasteiger partial charge in [-0.2, -0.15) is 0 Å². The molecule has 0 bridgehead atoms. The summed E-state index contributed by atoms with van der Waals surface area (Å²) in [6.07, 6.45) is 7.80. The predicted molar refractivity (Wildman–Crippen MR) is 62.5 cm³/mol. The van der Waals surface area contributed by atoms with Crippen LogP contribution in [0, 0.1) is 5.92 Å². The van der Waals surface area contributed by atoms with Gasteiger partial charge < -0.3 is 5.73 Å². The van der Waals surface area contributed by atoms with Gasteiger partial charge >= 0.3 is 0 Å². The Morgan fingerprint density at radius 1 is 1.47 bits per heavy atom. The van der Waals surface area contributed by atoms with Crippen molar-refractivity contribution >= 4 is 0 Å². The van der Waals surface area contributed by atoms with Crippen LogP contribution in [0.4, 0.5) is 0 Å². The smallest absolute Gasteiger partial charge is 0.0422 e. The average Bonchev–Trinajstić information content (AvgIpc) is 2.24. The van der Waals surface area contributed by atoms with Gasteiger partial charge in [0.1, 0.15) is 0 Å². The maximum atomic E-state index is 6.49. The number of pyridine rings is 1. The molecule has 1 fully saturated rings. The van der Waals surface area contributed by atoms with E-state index in [2.05, 4.69) is 18.0 Å². The van der Waals surface area contributed by atoms with Crippen LogP contribution in [0.2, 0.25) is 0 Å². The van der Waals surface area contributed by atoms with Crippen molar-refractivity contribution in [3.63, 3.8) is 0 Å². The zero-order valence-electron chi connectivity index (χ0n) is 9.45. The second-order valence-electron chi connectivity index (χ2n) is 4.88. The van der Waals surface area contributed by atoms with Gasteiger partial charge in [0.25, 0.3) is 0 Å². The van der Waals surface area contributed by atoms with Crippen LogP contribution >= 0.6 is 0 Å². The lowest BCUT2D eigenvalue weighted by Crippen LogP contribution is -2.50. The molecule has 0 amide bonds. The van der Waals surface area contributed by atoms with E-state index < -0.39 is 0 Å². The van der Waals surface area contributed by atoms with Gasteiger partial charge in [0, 0.05) is 23.9 Å². The molecule has 2 rings (SSSR count). The van der Waals surface area contributed by atoms with Crippen LogP contribution in [-0.4, -0.2) is 10.5 Å². The van der Waals surface area contributed by atoms with Gasteiger partial charge in [-0.1, -0.05) is 25.8 Å². The van der Waals surface area contributed by atoms with Crippen LogP contribution in [0.5, 0.6) is 0 Å². The Kier molecular flexibility index (Phi) is 3.06. The number of hydrogen-bond acceptors (Lipinski definition) is 2. The normalized spacial score (nSPS) is 31.5. The Labute approximate surface area is 91.9 Å². The molecule has 1 saturated carbocycles. The molecule has 15 heavy (non-hydrogen) atoms. The molecular formula is C13H20N2. The van der Waals surface area contributed by atoms with Crippen molar-refractivity contribution in [2.45, 2.75) is 44.6 Å². The lowest BCUT2D eigenvalue weighted by atomic mass is 9.72. The third-order valence-corrected chi connectivity index (χ3v) is 3.75. The van der Waals surface area contributed by atoms with E-state index >= 15 is 0 Å². The van der Waals surface area contributed by atoms with Crippen LogP contribution in [0.25, 0.3) is 0 Å². The minimum absolute atomic E-state index is 0.0212. The minimum Gasteiger partial charge on any atom is -0.325 e. The summed E-state index contributed by atoms with van der Waals surface area (Å²) in [5, 5.41) is 0. The number of rotatable bonds is 2. The summed E-state index contributed by atoms with van der Waals surface area (Å²) in [4.78, 5) is 4.37. The number of hydrogen-bond donors (Lipinski definition) is 1. The fourth-order valence-corrected chi connectivity index (χ4v) is 2.54. The number of nitrogens with zero attached hydrogens (tertiary/aromatic N) is 1. The molecule has 1 aromatic heterocycles. The first kappa shape index (κ1) is 10.6. The first-order valence-corrected chi connectivity index (χ1v) is 5.89. The van der Waals surface area contributed by atoms with Crippen molar-refractivity contribution in [3.05, 3.63) is 30.1 Å². The van der Waals surface area contributed by atoms with E-state index in [0.29, 0.717) is 5.92 Å². The van der Waals surface area contributed by atoms with Crippen molar-refractivity contribution in [1.82, 2.24) is 4.98 Å². The molecule has 0 radical (unpaired) electrons. The summed E-state index contributed by atoms with van der Waals surface area (Å²) in [5.74, 6) is 0.619. The third-order valence-electron chi connectivity index (χ3n) is 3.75. The second-order valence-corrected chi connectivity index (χ2v) is 4.88. The summed E-state index contributed by atoms with van der Waals surface area (Å²) in [6.45, 7) is 2.28. The number of nitrogens with two attached hydrogens (primary N) is 1. The van der Waals surface area contributed by atoms with E-state index in [9.17, 15) is 0 Å². The predicted octanol–water partition coefficient (Wildman–Crippen LogP) is 2.53. The van der Waals surface area contributed by atoms with E-state index in [1.54, 1.807) is 0 Å².